The van der Waals surface area contributed by atoms with Crippen LogP contribution in [0, 0.1) is 0 Å². The van der Waals surface area contributed by atoms with Crippen LogP contribution in [0.1, 0.15) is 85.3 Å². The second-order valence-corrected chi connectivity index (χ2v) is 9.93. The summed E-state index contributed by atoms with van der Waals surface area (Å²) in [5.74, 6) is -1.52. The molecule has 3 unspecified atom stereocenters. The number of hydrogen-bond donors (Lipinski definition) is 4. The van der Waals surface area contributed by atoms with Gasteiger partial charge in [-0.2, -0.15) is 0 Å². The summed E-state index contributed by atoms with van der Waals surface area (Å²) in [6.45, 7) is 11.1. The van der Waals surface area contributed by atoms with E-state index in [0.717, 1.165) is 12.8 Å². The Morgan fingerprint density at radius 3 is 2.14 bits per heavy atom. The van der Waals surface area contributed by atoms with Crippen molar-refractivity contribution in [2.45, 2.75) is 97.4 Å². The van der Waals surface area contributed by atoms with Gasteiger partial charge in [-0.1, -0.05) is 32.4 Å². The highest BCUT2D eigenvalue weighted by molar-refractivity contribution is 5.92. The molecular formula is C26H42N4O6. The number of hydrogen-bond acceptors (Lipinski definition) is 6. The van der Waals surface area contributed by atoms with Crippen molar-refractivity contribution >= 4 is 23.8 Å². The molecule has 0 bridgehead atoms. The molecule has 0 fully saturated rings. The van der Waals surface area contributed by atoms with E-state index in [1.807, 2.05) is 20.8 Å². The first-order valence-electron chi connectivity index (χ1n) is 12.5. The highest BCUT2D eigenvalue weighted by Gasteiger charge is 2.36. The van der Waals surface area contributed by atoms with Crippen LogP contribution in [0.5, 0.6) is 5.75 Å². The third kappa shape index (κ3) is 10.5. The quantitative estimate of drug-likeness (QED) is 0.323. The standard InChI is InChI=1S/C26H42N4O6/c1-7-9-17(3)28-23(33)22(18-10-12-19(31)13-11-18)30(16-8-2)24(34)20(14-15-21(27)32)29-25(35)36-26(4,5)6/h10-13,17,20,22,31H,7-9,14-16H2,1-6H3,(H2,27,32)(H,28,33)(H,29,35). The molecule has 1 rings (SSSR count). The van der Waals surface area contributed by atoms with Gasteiger partial charge in [0.05, 0.1) is 0 Å². The molecule has 10 nitrogen and oxygen atoms in total. The number of primary amides is 1. The summed E-state index contributed by atoms with van der Waals surface area (Å²) in [5, 5.41) is 15.3. The summed E-state index contributed by atoms with van der Waals surface area (Å²) in [6.07, 6.45) is 1.16. The second-order valence-electron chi connectivity index (χ2n) is 9.93. The van der Waals surface area contributed by atoms with Gasteiger partial charge in [0.2, 0.25) is 17.7 Å². The zero-order chi connectivity index (χ0) is 27.5. The van der Waals surface area contributed by atoms with Crippen LogP contribution >= 0.6 is 0 Å². The van der Waals surface area contributed by atoms with Crippen molar-refractivity contribution in [3.63, 3.8) is 0 Å². The van der Waals surface area contributed by atoms with Crippen LogP contribution < -0.4 is 16.4 Å². The lowest BCUT2D eigenvalue weighted by atomic mass is 10.0. The van der Waals surface area contributed by atoms with Crippen LogP contribution in [0.4, 0.5) is 4.79 Å². The van der Waals surface area contributed by atoms with Crippen molar-refractivity contribution < 1.29 is 29.0 Å². The molecule has 3 atom stereocenters. The topological polar surface area (TPSA) is 151 Å². The Hall–Kier alpha value is -3.30. The van der Waals surface area contributed by atoms with E-state index in [2.05, 4.69) is 10.6 Å². The lowest BCUT2D eigenvalue weighted by Crippen LogP contribution is -2.54. The average molecular weight is 507 g/mol. The number of amides is 4. The van der Waals surface area contributed by atoms with Gasteiger partial charge in [0, 0.05) is 19.0 Å². The first-order chi connectivity index (χ1) is 16.8. The van der Waals surface area contributed by atoms with Crippen LogP contribution in [0.15, 0.2) is 24.3 Å². The van der Waals surface area contributed by atoms with Crippen molar-refractivity contribution in [2.75, 3.05) is 6.54 Å². The maximum absolute atomic E-state index is 13.8. The molecule has 1 aromatic rings. The third-order valence-corrected chi connectivity index (χ3v) is 5.30. The molecule has 0 heterocycles. The van der Waals surface area contributed by atoms with Gasteiger partial charge < -0.3 is 31.1 Å². The first-order valence-corrected chi connectivity index (χ1v) is 12.5. The van der Waals surface area contributed by atoms with Gasteiger partial charge in [0.15, 0.2) is 0 Å². The number of aromatic hydroxyl groups is 1. The fourth-order valence-electron chi connectivity index (χ4n) is 3.76. The normalized spacial score (nSPS) is 13.7. The van der Waals surface area contributed by atoms with E-state index in [1.54, 1.807) is 32.9 Å². The number of nitrogens with zero attached hydrogens (tertiary/aromatic N) is 1. The molecule has 36 heavy (non-hydrogen) atoms. The molecule has 0 radical (unpaired) electrons. The summed E-state index contributed by atoms with van der Waals surface area (Å²) in [5.41, 5.74) is 5.01. The van der Waals surface area contributed by atoms with Crippen LogP contribution in [-0.4, -0.2) is 58.1 Å². The number of carbonyl (C=O) groups is 4. The molecule has 4 amide bonds. The lowest BCUT2D eigenvalue weighted by Gasteiger charge is -2.35. The molecule has 0 aliphatic carbocycles. The van der Waals surface area contributed by atoms with E-state index in [4.69, 9.17) is 10.5 Å². The molecule has 0 aliphatic rings. The van der Waals surface area contributed by atoms with Gasteiger partial charge in [-0.3, -0.25) is 14.4 Å². The summed E-state index contributed by atoms with van der Waals surface area (Å²) >= 11 is 0. The smallest absolute Gasteiger partial charge is 0.408 e. The Morgan fingerprint density at radius 1 is 1.03 bits per heavy atom. The van der Waals surface area contributed by atoms with Crippen molar-refractivity contribution in [1.82, 2.24) is 15.5 Å². The number of benzene rings is 1. The van der Waals surface area contributed by atoms with Crippen molar-refractivity contribution in [1.29, 1.82) is 0 Å². The van der Waals surface area contributed by atoms with E-state index in [9.17, 15) is 24.3 Å². The monoisotopic (exact) mass is 506 g/mol. The number of phenolic OH excluding ortho intramolecular Hbond substituents is 1. The van der Waals surface area contributed by atoms with Gasteiger partial charge in [0.1, 0.15) is 23.4 Å². The Balaban J connectivity index is 3.41. The summed E-state index contributed by atoms with van der Waals surface area (Å²) in [6, 6.07) is 3.78. The summed E-state index contributed by atoms with van der Waals surface area (Å²) < 4.78 is 5.31. The van der Waals surface area contributed by atoms with E-state index in [0.29, 0.717) is 12.0 Å². The van der Waals surface area contributed by atoms with Crippen LogP contribution in [-0.2, 0) is 19.1 Å². The Labute approximate surface area is 213 Å². The lowest BCUT2D eigenvalue weighted by molar-refractivity contribution is -0.143. The van der Waals surface area contributed by atoms with Gasteiger partial charge >= 0.3 is 6.09 Å². The Morgan fingerprint density at radius 2 is 1.64 bits per heavy atom. The number of ether oxygens (including phenoxy) is 1. The Kier molecular flexibility index (Phi) is 12.2. The average Bonchev–Trinajstić information content (AvgIpc) is 2.75. The Bertz CT molecular complexity index is 881. The number of phenols is 1. The highest BCUT2D eigenvalue weighted by Crippen LogP contribution is 2.26. The van der Waals surface area contributed by atoms with E-state index < -0.39 is 35.6 Å². The predicted octanol–water partition coefficient (Wildman–Crippen LogP) is 3.14. The number of nitrogens with two attached hydrogens (primary N) is 1. The third-order valence-electron chi connectivity index (χ3n) is 5.30. The summed E-state index contributed by atoms with van der Waals surface area (Å²) in [7, 11) is 0. The minimum atomic E-state index is -1.14. The largest absolute Gasteiger partial charge is 0.508 e. The first kappa shape index (κ1) is 30.7. The van der Waals surface area contributed by atoms with E-state index >= 15 is 0 Å². The van der Waals surface area contributed by atoms with Gasteiger partial charge in [-0.05, 0) is 64.7 Å². The number of rotatable bonds is 13. The number of carbonyl (C=O) groups excluding carboxylic acids is 4. The molecule has 0 saturated carbocycles. The molecule has 0 aliphatic heterocycles. The molecule has 1 aromatic carbocycles. The minimum absolute atomic E-state index is 0.0246. The number of nitrogens with one attached hydrogen (secondary N) is 2. The van der Waals surface area contributed by atoms with Crippen molar-refractivity contribution in [3.8, 4) is 5.75 Å². The van der Waals surface area contributed by atoms with Crippen LogP contribution in [0.3, 0.4) is 0 Å². The molecule has 0 aromatic heterocycles. The van der Waals surface area contributed by atoms with Crippen molar-refractivity contribution in [2.24, 2.45) is 5.73 Å². The van der Waals surface area contributed by atoms with Gasteiger partial charge in [0.25, 0.3) is 0 Å². The van der Waals surface area contributed by atoms with Crippen molar-refractivity contribution in [3.05, 3.63) is 29.8 Å². The molecular weight excluding hydrogens is 464 g/mol. The predicted molar refractivity (Wildman–Crippen MR) is 137 cm³/mol. The SMILES string of the molecule is CCCC(C)NC(=O)C(c1ccc(O)cc1)N(CCC)C(=O)C(CCC(N)=O)NC(=O)OC(C)(C)C. The van der Waals surface area contributed by atoms with E-state index in [1.165, 1.54) is 17.0 Å². The van der Waals surface area contributed by atoms with Gasteiger partial charge in [-0.25, -0.2) is 4.79 Å². The molecule has 5 N–H and O–H groups in total. The zero-order valence-electron chi connectivity index (χ0n) is 22.3. The highest BCUT2D eigenvalue weighted by atomic mass is 16.6. The zero-order valence-corrected chi connectivity index (χ0v) is 22.3. The maximum Gasteiger partial charge on any atom is 0.408 e. The summed E-state index contributed by atoms with van der Waals surface area (Å²) in [4.78, 5) is 52.7. The fourth-order valence-corrected chi connectivity index (χ4v) is 3.76. The molecule has 0 spiro atoms. The minimum Gasteiger partial charge on any atom is -0.508 e. The maximum atomic E-state index is 13.8. The van der Waals surface area contributed by atoms with Crippen LogP contribution in [0.2, 0.25) is 0 Å². The molecule has 0 saturated heterocycles. The molecule has 10 heteroatoms. The second kappa shape index (κ2) is 14.3. The molecule has 202 valence electrons. The fraction of sp³-hybridized carbons (Fsp3) is 0.615. The van der Waals surface area contributed by atoms with E-state index in [-0.39, 0.29) is 37.1 Å². The van der Waals surface area contributed by atoms with Gasteiger partial charge in [-0.15, -0.1) is 0 Å². The van der Waals surface area contributed by atoms with Crippen LogP contribution in [0.25, 0.3) is 0 Å². The number of alkyl carbamates (subject to hydrolysis) is 1.